The zero-order chi connectivity index (χ0) is 8.27. The first-order valence-electron chi connectivity index (χ1n) is 3.10. The molecule has 0 bridgehead atoms. The Bertz CT molecular complexity index is 232. The van der Waals surface area contributed by atoms with Gasteiger partial charge in [0.15, 0.2) is 0 Å². The highest BCUT2D eigenvalue weighted by Gasteiger charge is 1.97. The Labute approximate surface area is 83.9 Å². The van der Waals surface area contributed by atoms with Crippen molar-refractivity contribution in [2.45, 2.75) is 6.42 Å². The minimum Gasteiger partial charge on any atom is -0.224 e. The van der Waals surface area contributed by atoms with E-state index >= 15 is 0 Å². The van der Waals surface area contributed by atoms with Gasteiger partial charge >= 0.3 is 0 Å². The van der Waals surface area contributed by atoms with Gasteiger partial charge in [0.2, 0.25) is 0 Å². The largest absolute Gasteiger partial charge is 0.224 e. The van der Waals surface area contributed by atoms with E-state index in [9.17, 15) is 0 Å². The van der Waals surface area contributed by atoms with Crippen molar-refractivity contribution in [3.8, 4) is 0 Å². The van der Waals surface area contributed by atoms with Crippen LogP contribution in [0.15, 0.2) is 12.1 Å². The van der Waals surface area contributed by atoms with Crippen molar-refractivity contribution < 1.29 is 0 Å². The Hall–Kier alpha value is 0.210. The van der Waals surface area contributed by atoms with Crippen LogP contribution in [0.1, 0.15) is 5.56 Å². The van der Waals surface area contributed by atoms with E-state index in [4.69, 9.17) is 23.2 Å². The van der Waals surface area contributed by atoms with E-state index in [0.29, 0.717) is 10.3 Å². The summed E-state index contributed by atoms with van der Waals surface area (Å²) in [7, 11) is 0. The number of aryl methyl sites for hydroxylation is 1. The summed E-state index contributed by atoms with van der Waals surface area (Å²) in [5.41, 5.74) is 1.10. The van der Waals surface area contributed by atoms with Crippen LogP contribution in [0.5, 0.6) is 0 Å². The first kappa shape index (κ1) is 9.30. The van der Waals surface area contributed by atoms with Crippen LogP contribution >= 0.6 is 39.1 Å². The molecule has 0 unspecified atom stereocenters. The second-order valence-corrected chi connectivity index (χ2v) is 3.63. The quantitative estimate of drug-likeness (QED) is 0.583. The Morgan fingerprint density at radius 1 is 1.27 bits per heavy atom. The van der Waals surface area contributed by atoms with Crippen molar-refractivity contribution in [3.63, 3.8) is 0 Å². The van der Waals surface area contributed by atoms with E-state index in [1.54, 1.807) is 0 Å². The standard InChI is InChI=1S/C7H6BrCl2N/c8-2-1-5-3-6(9)11-7(10)4-5/h3-4H,1-2H2. The van der Waals surface area contributed by atoms with Gasteiger partial charge < -0.3 is 0 Å². The van der Waals surface area contributed by atoms with Crippen LogP contribution in [-0.4, -0.2) is 10.3 Å². The molecule has 1 heterocycles. The number of hydrogen-bond donors (Lipinski definition) is 0. The molecule has 1 rings (SSSR count). The SMILES string of the molecule is Clc1cc(CCBr)cc(Cl)n1. The van der Waals surface area contributed by atoms with Gasteiger partial charge in [0.25, 0.3) is 0 Å². The fraction of sp³-hybridized carbons (Fsp3) is 0.286. The van der Waals surface area contributed by atoms with E-state index < -0.39 is 0 Å². The second-order valence-electron chi connectivity index (χ2n) is 2.06. The van der Waals surface area contributed by atoms with Gasteiger partial charge in [0.1, 0.15) is 10.3 Å². The van der Waals surface area contributed by atoms with E-state index in [2.05, 4.69) is 20.9 Å². The number of nitrogens with zero attached hydrogens (tertiary/aromatic N) is 1. The lowest BCUT2D eigenvalue weighted by molar-refractivity contribution is 1.14. The highest BCUT2D eigenvalue weighted by Crippen LogP contribution is 2.15. The lowest BCUT2D eigenvalue weighted by Crippen LogP contribution is -1.87. The molecule has 0 amide bonds. The predicted octanol–water partition coefficient (Wildman–Crippen LogP) is 3.33. The van der Waals surface area contributed by atoms with Crippen molar-refractivity contribution in [3.05, 3.63) is 28.0 Å². The molecule has 11 heavy (non-hydrogen) atoms. The summed E-state index contributed by atoms with van der Waals surface area (Å²) in [6.07, 6.45) is 0.919. The van der Waals surface area contributed by atoms with Crippen molar-refractivity contribution in [1.82, 2.24) is 4.98 Å². The van der Waals surface area contributed by atoms with Crippen LogP contribution < -0.4 is 0 Å². The number of hydrogen-bond acceptors (Lipinski definition) is 1. The zero-order valence-corrected chi connectivity index (χ0v) is 8.75. The molecule has 0 fully saturated rings. The second kappa shape index (κ2) is 4.29. The van der Waals surface area contributed by atoms with Crippen LogP contribution in [0.2, 0.25) is 10.3 Å². The Kier molecular flexibility index (Phi) is 3.63. The van der Waals surface area contributed by atoms with Gasteiger partial charge in [0, 0.05) is 5.33 Å². The van der Waals surface area contributed by atoms with Crippen LogP contribution in [0, 0.1) is 0 Å². The first-order chi connectivity index (χ1) is 5.22. The van der Waals surface area contributed by atoms with E-state index in [0.717, 1.165) is 17.3 Å². The molecular formula is C7H6BrCl2N. The summed E-state index contributed by atoms with van der Waals surface area (Å²) in [4.78, 5) is 3.83. The Balaban J connectivity index is 2.89. The van der Waals surface area contributed by atoms with Crippen LogP contribution in [0.3, 0.4) is 0 Å². The number of halogens is 3. The molecule has 4 heteroatoms. The molecule has 0 aromatic carbocycles. The minimum atomic E-state index is 0.452. The molecule has 0 aliphatic heterocycles. The van der Waals surface area contributed by atoms with E-state index in [1.165, 1.54) is 0 Å². The fourth-order valence-corrected chi connectivity index (χ4v) is 1.73. The third kappa shape index (κ3) is 2.97. The van der Waals surface area contributed by atoms with Crippen LogP contribution in [0.25, 0.3) is 0 Å². The van der Waals surface area contributed by atoms with Gasteiger partial charge in [-0.3, -0.25) is 0 Å². The molecular weight excluding hydrogens is 249 g/mol. The highest BCUT2D eigenvalue weighted by atomic mass is 79.9. The lowest BCUT2D eigenvalue weighted by atomic mass is 10.2. The molecule has 0 N–H and O–H groups in total. The van der Waals surface area contributed by atoms with Gasteiger partial charge in [-0.05, 0) is 24.1 Å². The molecule has 0 spiro atoms. The van der Waals surface area contributed by atoms with Crippen molar-refractivity contribution >= 4 is 39.1 Å². The maximum absolute atomic E-state index is 5.67. The third-order valence-corrected chi connectivity index (χ3v) is 1.99. The summed E-state index contributed by atoms with van der Waals surface area (Å²) >= 11 is 14.7. The molecule has 0 aliphatic rings. The molecule has 1 aromatic heterocycles. The van der Waals surface area contributed by atoms with E-state index in [1.807, 2.05) is 12.1 Å². The maximum atomic E-state index is 5.67. The van der Waals surface area contributed by atoms with Crippen molar-refractivity contribution in [1.29, 1.82) is 0 Å². The average molecular weight is 255 g/mol. The summed E-state index contributed by atoms with van der Waals surface area (Å²) in [6.45, 7) is 0. The topological polar surface area (TPSA) is 12.9 Å². The predicted molar refractivity (Wildman–Crippen MR) is 51.8 cm³/mol. The first-order valence-corrected chi connectivity index (χ1v) is 4.98. The summed E-state index contributed by atoms with van der Waals surface area (Å²) in [5.74, 6) is 0. The minimum absolute atomic E-state index is 0.452. The van der Waals surface area contributed by atoms with Gasteiger partial charge in [-0.15, -0.1) is 0 Å². The summed E-state index contributed by atoms with van der Waals surface area (Å²) in [5, 5.41) is 1.81. The molecule has 1 nitrogen and oxygen atoms in total. The number of rotatable bonds is 2. The fourth-order valence-electron chi connectivity index (χ4n) is 0.768. The Morgan fingerprint density at radius 3 is 2.27 bits per heavy atom. The van der Waals surface area contributed by atoms with Crippen molar-refractivity contribution in [2.24, 2.45) is 0 Å². The molecule has 0 atom stereocenters. The zero-order valence-electron chi connectivity index (χ0n) is 5.65. The smallest absolute Gasteiger partial charge is 0.131 e. The molecule has 60 valence electrons. The highest BCUT2D eigenvalue weighted by molar-refractivity contribution is 9.09. The number of alkyl halides is 1. The van der Waals surface area contributed by atoms with Gasteiger partial charge in [-0.25, -0.2) is 4.98 Å². The van der Waals surface area contributed by atoms with Crippen LogP contribution in [0.4, 0.5) is 0 Å². The molecule has 1 aromatic rings. The molecule has 0 saturated heterocycles. The normalized spacial score (nSPS) is 10.1. The molecule has 0 radical (unpaired) electrons. The lowest BCUT2D eigenvalue weighted by Gasteiger charge is -1.98. The molecule has 0 saturated carbocycles. The Morgan fingerprint density at radius 2 is 1.82 bits per heavy atom. The average Bonchev–Trinajstić information content (AvgIpc) is 1.85. The van der Waals surface area contributed by atoms with E-state index in [-0.39, 0.29) is 0 Å². The summed E-state index contributed by atoms with van der Waals surface area (Å²) < 4.78 is 0. The monoisotopic (exact) mass is 253 g/mol. The van der Waals surface area contributed by atoms with Gasteiger partial charge in [0.05, 0.1) is 0 Å². The van der Waals surface area contributed by atoms with Gasteiger partial charge in [-0.1, -0.05) is 39.1 Å². The number of aromatic nitrogens is 1. The maximum Gasteiger partial charge on any atom is 0.131 e. The number of pyridine rings is 1. The van der Waals surface area contributed by atoms with Crippen molar-refractivity contribution in [2.75, 3.05) is 5.33 Å². The third-order valence-electron chi connectivity index (χ3n) is 1.21. The molecule has 0 aliphatic carbocycles. The van der Waals surface area contributed by atoms with Gasteiger partial charge in [-0.2, -0.15) is 0 Å². The summed E-state index contributed by atoms with van der Waals surface area (Å²) in [6, 6.07) is 3.63. The van der Waals surface area contributed by atoms with Crippen LogP contribution in [-0.2, 0) is 6.42 Å².